The fourth-order valence-corrected chi connectivity index (χ4v) is 2.97. The zero-order chi connectivity index (χ0) is 25.3. The minimum absolute atomic E-state index is 0.0483. The van der Waals surface area contributed by atoms with E-state index in [1.54, 1.807) is 19.1 Å². The van der Waals surface area contributed by atoms with Crippen LogP contribution < -0.4 is 5.73 Å². The van der Waals surface area contributed by atoms with Gasteiger partial charge in [-0.25, -0.2) is 8.78 Å². The molecule has 7 nitrogen and oxygen atoms in total. The van der Waals surface area contributed by atoms with Gasteiger partial charge in [0.25, 0.3) is 5.69 Å². The van der Waals surface area contributed by atoms with Gasteiger partial charge >= 0.3 is 36.7 Å². The number of nitro benzene ring substituents is 1. The van der Waals surface area contributed by atoms with Crippen LogP contribution in [0.25, 0.3) is 0 Å². The summed E-state index contributed by atoms with van der Waals surface area (Å²) in [5, 5.41) is 34.6. The number of aliphatic hydroxyl groups is 1. The van der Waals surface area contributed by atoms with E-state index >= 15 is 0 Å². The van der Waals surface area contributed by atoms with Gasteiger partial charge < -0.3 is 10.8 Å². The van der Waals surface area contributed by atoms with Crippen molar-refractivity contribution in [1.82, 2.24) is 0 Å². The van der Waals surface area contributed by atoms with E-state index in [0.717, 1.165) is 6.07 Å². The summed E-state index contributed by atoms with van der Waals surface area (Å²) in [7, 11) is 9.87. The Morgan fingerprint density at radius 1 is 1.09 bits per heavy atom. The van der Waals surface area contributed by atoms with Crippen LogP contribution in [0, 0.1) is 44.4 Å². The molecule has 0 saturated carbocycles. The van der Waals surface area contributed by atoms with Gasteiger partial charge in [0, 0.05) is 38.4 Å². The molecule has 0 aromatic heterocycles. The number of nitro groups is 1. The fraction of sp³-hybridized carbons (Fsp3) is 0.222. The number of benzene rings is 2. The van der Waals surface area contributed by atoms with Crippen molar-refractivity contribution < 1.29 is 18.8 Å². The molecule has 172 valence electrons. The predicted octanol–water partition coefficient (Wildman–Crippen LogP) is 5.80. The van der Waals surface area contributed by atoms with Crippen molar-refractivity contribution in [2.24, 2.45) is 0 Å². The van der Waals surface area contributed by atoms with E-state index in [4.69, 9.17) is 39.2 Å². The molecular formula is C18H16Br2Cl2F2N4O3Sn. The van der Waals surface area contributed by atoms with Crippen molar-refractivity contribution in [2.75, 3.05) is 12.3 Å². The molecule has 0 aliphatic carbocycles. The molecule has 2 radical (unpaired) electrons. The second-order valence-electron chi connectivity index (χ2n) is 5.17. The van der Waals surface area contributed by atoms with Gasteiger partial charge in [0.05, 0.1) is 36.0 Å². The average molecular weight is 724 g/mol. The number of nitrogens with zero attached hydrogens (tertiary/aromatic N) is 3. The van der Waals surface area contributed by atoms with Crippen LogP contribution in [0.2, 0.25) is 0 Å². The first-order chi connectivity index (χ1) is 15.0. The van der Waals surface area contributed by atoms with Crippen LogP contribution in [-0.4, -0.2) is 35.5 Å². The summed E-state index contributed by atoms with van der Waals surface area (Å²) in [4.78, 5) is 9.64. The molecule has 2 aromatic carbocycles. The maximum atomic E-state index is 13.2. The molecule has 32 heavy (non-hydrogen) atoms. The van der Waals surface area contributed by atoms with Gasteiger partial charge in [-0.1, -0.05) is 31.9 Å². The maximum absolute atomic E-state index is 13.2. The zero-order valence-corrected chi connectivity index (χ0v) is 23.9. The number of nitrogens with two attached hydrogens (primary N) is 1. The summed E-state index contributed by atoms with van der Waals surface area (Å²) in [5.74, 6) is -1.18. The van der Waals surface area contributed by atoms with Gasteiger partial charge in [-0.05, 0) is 19.1 Å². The zero-order valence-electron chi connectivity index (χ0n) is 16.4. The quantitative estimate of drug-likeness (QED) is 0.178. The van der Waals surface area contributed by atoms with E-state index in [1.807, 2.05) is 6.07 Å². The van der Waals surface area contributed by atoms with E-state index in [9.17, 15) is 18.9 Å². The first-order valence-corrected chi connectivity index (χ1v) is 17.0. The Bertz CT molecular complexity index is 928. The molecule has 0 bridgehead atoms. The number of nitrogen functional groups attached to an aromatic ring is 1. The van der Waals surface area contributed by atoms with Crippen molar-refractivity contribution in [2.45, 2.75) is 19.8 Å². The molecule has 0 heterocycles. The van der Waals surface area contributed by atoms with E-state index in [1.165, 1.54) is 12.1 Å². The van der Waals surface area contributed by atoms with Crippen molar-refractivity contribution in [1.29, 1.82) is 10.5 Å². The molecule has 0 amide bonds. The Balaban J connectivity index is 0. The minimum atomic E-state index is -0.826. The van der Waals surface area contributed by atoms with Crippen molar-refractivity contribution in [3.05, 3.63) is 66.1 Å². The molecule has 0 atom stereocenters. The number of hydrogen-bond acceptors (Lipinski definition) is 6. The van der Waals surface area contributed by atoms with E-state index < -0.39 is 35.4 Å². The molecule has 0 aliphatic heterocycles. The molecule has 0 aliphatic rings. The topological polar surface area (TPSA) is 137 Å². The van der Waals surface area contributed by atoms with Crippen LogP contribution in [0.3, 0.4) is 0 Å². The molecule has 14 heteroatoms. The van der Waals surface area contributed by atoms with Gasteiger partial charge in [0.2, 0.25) is 0 Å². The Kier molecular flexibility index (Phi) is 19.8. The molecule has 2 rings (SSSR count). The van der Waals surface area contributed by atoms with Gasteiger partial charge in [0.1, 0.15) is 11.6 Å². The number of halogens is 6. The second kappa shape index (κ2) is 19.3. The second-order valence-corrected chi connectivity index (χ2v) is 11.1. The van der Waals surface area contributed by atoms with Gasteiger partial charge in [-0.15, -0.1) is 0 Å². The van der Waals surface area contributed by atoms with Gasteiger partial charge in [-0.2, -0.15) is 10.5 Å². The first kappa shape index (κ1) is 33.0. The van der Waals surface area contributed by atoms with E-state index in [0.29, 0.717) is 15.7 Å². The van der Waals surface area contributed by atoms with Crippen LogP contribution in [-0.2, 0) is 12.8 Å². The number of non-ortho nitro benzene ring substituents is 1. The molecule has 2 aromatic rings. The molecule has 0 spiro atoms. The summed E-state index contributed by atoms with van der Waals surface area (Å²) in [6.07, 6.45) is -0.0723. The number of nitriles is 2. The number of anilines is 1. The van der Waals surface area contributed by atoms with E-state index in [2.05, 4.69) is 31.9 Å². The number of hydrogen-bond donors (Lipinski definition) is 2. The van der Waals surface area contributed by atoms with Crippen molar-refractivity contribution in [3.63, 3.8) is 0 Å². The molecular weight excluding hydrogens is 708 g/mol. The third-order valence-corrected chi connectivity index (χ3v) is 4.43. The third kappa shape index (κ3) is 13.4. The molecule has 3 N–H and O–H groups in total. The first-order valence-electron chi connectivity index (χ1n) is 8.21. The van der Waals surface area contributed by atoms with Gasteiger partial charge in [0.15, 0.2) is 0 Å². The summed E-state index contributed by atoms with van der Waals surface area (Å²) in [6, 6.07) is 8.41. The summed E-state index contributed by atoms with van der Waals surface area (Å²) in [6.45, 7) is 1.93. The monoisotopic (exact) mass is 722 g/mol. The normalized spacial score (nSPS) is 8.81. The van der Waals surface area contributed by atoms with Crippen LogP contribution in [0.5, 0.6) is 0 Å². The Morgan fingerprint density at radius 2 is 1.47 bits per heavy atom. The Labute approximate surface area is 218 Å². The van der Waals surface area contributed by atoms with Crippen LogP contribution in [0.15, 0.2) is 33.2 Å². The Hall–Kier alpha value is -1.22. The van der Waals surface area contributed by atoms with Crippen molar-refractivity contribution in [3.8, 4) is 12.1 Å². The fourth-order valence-electron chi connectivity index (χ4n) is 1.81. The van der Waals surface area contributed by atoms with Gasteiger partial charge in [-0.3, -0.25) is 10.1 Å². The molecule has 0 unspecified atom stereocenters. The van der Waals surface area contributed by atoms with Crippen molar-refractivity contribution >= 4 is 80.0 Å². The number of aliphatic hydroxyl groups excluding tert-OH is 1. The van der Waals surface area contributed by atoms with Crippen LogP contribution >= 0.6 is 49.7 Å². The van der Waals surface area contributed by atoms with Crippen LogP contribution in [0.1, 0.15) is 18.1 Å². The molecule has 0 fully saturated rings. The van der Waals surface area contributed by atoms with E-state index in [-0.39, 0.29) is 35.2 Å². The summed E-state index contributed by atoms with van der Waals surface area (Å²) < 4.78 is 27.0. The van der Waals surface area contributed by atoms with Crippen LogP contribution in [0.4, 0.5) is 20.2 Å². The summed E-state index contributed by atoms with van der Waals surface area (Å²) >= 11 is 5.27. The molecule has 0 saturated heterocycles. The third-order valence-electron chi connectivity index (χ3n) is 3.01. The average Bonchev–Trinajstić information content (AvgIpc) is 2.69. The predicted molar refractivity (Wildman–Crippen MR) is 128 cm³/mol. The standard InChI is InChI=1S/C8H4BrFN2O2.C8H6BrFN2.C2H6O.2ClH.Sn/c9-7-3-5(12(13)14)4-8(10)6(7)1-2-11;9-7-3-5(12)4-8(10)6(7)1-2-11;1-2-3;;;/h3-4H,1H2;3-4H,1,12H2;3H,2H2,1H3;2*1H;/q;;;;;+2/p-2. The summed E-state index contributed by atoms with van der Waals surface area (Å²) in [5.41, 5.74) is 5.87. The SMILES string of the molecule is CCO.N#CCc1c(F)cc(N)cc1Br.N#CCc1c(F)cc([N+](=O)[O-])cc1Br.[Cl][Sn][Cl]. The Morgan fingerprint density at radius 3 is 1.78 bits per heavy atom. The number of rotatable bonds is 3.